The monoisotopic (exact) mass is 790 g/mol. The first-order chi connectivity index (χ1) is 30.8. The Morgan fingerprint density at radius 3 is 1.26 bits per heavy atom. The maximum absolute atomic E-state index is 2.42. The maximum atomic E-state index is 2.42. The Kier molecular flexibility index (Phi) is 9.57. The van der Waals surface area contributed by atoms with Crippen LogP contribution in [0.15, 0.2) is 255 Å². The molecule has 0 aliphatic carbocycles. The zero-order valence-electron chi connectivity index (χ0n) is 34.1. The van der Waals surface area contributed by atoms with Gasteiger partial charge in [-0.2, -0.15) is 0 Å². The van der Waals surface area contributed by atoms with E-state index in [1.54, 1.807) is 0 Å². The summed E-state index contributed by atoms with van der Waals surface area (Å²) in [7, 11) is 0. The highest BCUT2D eigenvalue weighted by molar-refractivity contribution is 6.10. The molecule has 0 aliphatic heterocycles. The van der Waals surface area contributed by atoms with Crippen molar-refractivity contribution >= 4 is 38.9 Å². The van der Waals surface area contributed by atoms with Crippen LogP contribution < -0.4 is 4.90 Å². The van der Waals surface area contributed by atoms with E-state index in [-0.39, 0.29) is 0 Å². The minimum atomic E-state index is 1.07. The van der Waals surface area contributed by atoms with Gasteiger partial charge in [0.1, 0.15) is 0 Å². The highest BCUT2D eigenvalue weighted by Crippen LogP contribution is 2.44. The molecule has 2 heteroatoms. The number of hydrogen-bond acceptors (Lipinski definition) is 1. The van der Waals surface area contributed by atoms with Crippen molar-refractivity contribution in [2.45, 2.75) is 0 Å². The number of anilines is 3. The van der Waals surface area contributed by atoms with E-state index < -0.39 is 0 Å². The fraction of sp³-hybridized carbons (Fsp3) is 0. The van der Waals surface area contributed by atoms with Crippen LogP contribution in [0.25, 0.3) is 83.1 Å². The van der Waals surface area contributed by atoms with Crippen molar-refractivity contribution < 1.29 is 0 Å². The number of hydrogen-bond donors (Lipinski definition) is 0. The highest BCUT2D eigenvalue weighted by Gasteiger charge is 2.20. The fourth-order valence-corrected chi connectivity index (χ4v) is 9.08. The summed E-state index contributed by atoms with van der Waals surface area (Å²) >= 11 is 0. The van der Waals surface area contributed by atoms with Gasteiger partial charge in [-0.05, 0) is 116 Å². The van der Waals surface area contributed by atoms with Gasteiger partial charge in [0, 0.05) is 33.5 Å². The third kappa shape index (κ3) is 6.84. The average molecular weight is 791 g/mol. The molecule has 0 unspecified atom stereocenters. The van der Waals surface area contributed by atoms with Crippen molar-refractivity contribution in [2.24, 2.45) is 0 Å². The SMILES string of the molecule is c1ccc(-c2cc(-c3ccccc3)cc(N(c3ccc(-c4ccccc4-c4ccccc4-c4ccccc4)cc3)c3ccc4c5ccccc5n(-c5ccccc5)c4c3)c2)cc1. The molecule has 0 fully saturated rings. The third-order valence-corrected chi connectivity index (χ3v) is 12.0. The van der Waals surface area contributed by atoms with Crippen molar-refractivity contribution in [3.05, 3.63) is 255 Å². The summed E-state index contributed by atoms with van der Waals surface area (Å²) in [5.41, 5.74) is 18.6. The van der Waals surface area contributed by atoms with Crippen LogP contribution in [-0.4, -0.2) is 4.57 Å². The molecular weight excluding hydrogens is 749 g/mol. The molecule has 0 bridgehead atoms. The lowest BCUT2D eigenvalue weighted by Crippen LogP contribution is -2.10. The Bertz CT molecular complexity index is 3260. The molecule has 0 saturated carbocycles. The number of para-hydroxylation sites is 2. The fourth-order valence-electron chi connectivity index (χ4n) is 9.08. The average Bonchev–Trinajstić information content (AvgIpc) is 3.69. The van der Waals surface area contributed by atoms with Crippen LogP contribution in [0.2, 0.25) is 0 Å². The van der Waals surface area contributed by atoms with E-state index in [1.165, 1.54) is 55.2 Å². The Hall–Kier alpha value is -8.20. The van der Waals surface area contributed by atoms with Crippen LogP contribution >= 0.6 is 0 Å². The van der Waals surface area contributed by atoms with Crippen molar-refractivity contribution in [2.75, 3.05) is 4.90 Å². The van der Waals surface area contributed by atoms with E-state index >= 15 is 0 Å². The molecule has 10 aromatic carbocycles. The number of aromatic nitrogens is 1. The van der Waals surface area contributed by atoms with Gasteiger partial charge in [0.05, 0.1) is 11.0 Å². The van der Waals surface area contributed by atoms with E-state index in [4.69, 9.17) is 0 Å². The molecule has 0 N–H and O–H groups in total. The van der Waals surface area contributed by atoms with Gasteiger partial charge in [-0.25, -0.2) is 0 Å². The van der Waals surface area contributed by atoms with Gasteiger partial charge in [-0.1, -0.05) is 194 Å². The Morgan fingerprint density at radius 2 is 0.677 bits per heavy atom. The largest absolute Gasteiger partial charge is 0.310 e. The zero-order chi connectivity index (χ0) is 41.2. The van der Waals surface area contributed by atoms with Gasteiger partial charge in [0.25, 0.3) is 0 Å². The summed E-state index contributed by atoms with van der Waals surface area (Å²) in [5, 5.41) is 2.46. The second-order valence-electron chi connectivity index (χ2n) is 15.7. The second-order valence-corrected chi connectivity index (χ2v) is 15.7. The van der Waals surface area contributed by atoms with Gasteiger partial charge < -0.3 is 9.47 Å². The lowest BCUT2D eigenvalue weighted by molar-refractivity contribution is 1.18. The molecule has 0 amide bonds. The topological polar surface area (TPSA) is 8.17 Å². The summed E-state index contributed by atoms with van der Waals surface area (Å²) in [4.78, 5) is 2.42. The van der Waals surface area contributed by atoms with Gasteiger partial charge in [-0.3, -0.25) is 0 Å². The molecule has 0 saturated heterocycles. The van der Waals surface area contributed by atoms with Gasteiger partial charge in [0.15, 0.2) is 0 Å². The normalized spacial score (nSPS) is 11.2. The summed E-state index contributed by atoms with van der Waals surface area (Å²) in [6, 6.07) is 92.1. The predicted molar refractivity (Wildman–Crippen MR) is 263 cm³/mol. The minimum Gasteiger partial charge on any atom is -0.310 e. The van der Waals surface area contributed by atoms with Gasteiger partial charge in [0.2, 0.25) is 0 Å². The molecule has 0 aliphatic rings. The first-order valence-corrected chi connectivity index (χ1v) is 21.3. The lowest BCUT2D eigenvalue weighted by Gasteiger charge is -2.27. The Labute approximate surface area is 362 Å². The molecule has 292 valence electrons. The van der Waals surface area contributed by atoms with Crippen molar-refractivity contribution in [1.29, 1.82) is 0 Å². The first-order valence-electron chi connectivity index (χ1n) is 21.3. The summed E-state index contributed by atoms with van der Waals surface area (Å²) in [6.07, 6.45) is 0. The van der Waals surface area contributed by atoms with E-state index in [9.17, 15) is 0 Å². The third-order valence-electron chi connectivity index (χ3n) is 12.0. The van der Waals surface area contributed by atoms with Crippen LogP contribution in [0.4, 0.5) is 17.1 Å². The maximum Gasteiger partial charge on any atom is 0.0561 e. The van der Waals surface area contributed by atoms with Crippen molar-refractivity contribution in [3.8, 4) is 61.3 Å². The second kappa shape index (κ2) is 16.1. The summed E-state index contributed by atoms with van der Waals surface area (Å²) < 4.78 is 2.40. The highest BCUT2D eigenvalue weighted by atomic mass is 15.1. The summed E-state index contributed by atoms with van der Waals surface area (Å²) in [6.45, 7) is 0. The number of benzene rings is 10. The molecule has 62 heavy (non-hydrogen) atoms. The standard InChI is InChI=1S/C60H42N2/c1-5-19-43(20-6-1)47-39-48(44-21-7-2-8-22-44)41-52(40-47)61(51-37-38-58-57-31-17-18-32-59(57)62(60(58)42-51)49-25-11-4-12-26-49)50-35-33-46(34-36-50)54-28-14-16-30-56(54)55-29-15-13-27-53(55)45-23-9-3-10-24-45/h1-42H. The molecule has 1 aromatic heterocycles. The van der Waals surface area contributed by atoms with E-state index in [1.807, 2.05) is 0 Å². The summed E-state index contributed by atoms with van der Waals surface area (Å²) in [5.74, 6) is 0. The van der Waals surface area contributed by atoms with Crippen LogP contribution in [0.5, 0.6) is 0 Å². The van der Waals surface area contributed by atoms with Crippen LogP contribution in [-0.2, 0) is 0 Å². The zero-order valence-corrected chi connectivity index (χ0v) is 34.1. The molecule has 0 radical (unpaired) electrons. The predicted octanol–water partition coefficient (Wildman–Crippen LogP) is 16.6. The molecule has 11 aromatic rings. The van der Waals surface area contributed by atoms with Crippen LogP contribution in [0.3, 0.4) is 0 Å². The van der Waals surface area contributed by atoms with Gasteiger partial charge in [-0.15, -0.1) is 0 Å². The van der Waals surface area contributed by atoms with E-state index in [2.05, 4.69) is 264 Å². The lowest BCUT2D eigenvalue weighted by atomic mass is 9.89. The quantitative estimate of drug-likeness (QED) is 0.141. The Balaban J connectivity index is 1.11. The number of rotatable bonds is 9. The van der Waals surface area contributed by atoms with Crippen molar-refractivity contribution in [3.63, 3.8) is 0 Å². The minimum absolute atomic E-state index is 1.07. The molecular formula is C60H42N2. The van der Waals surface area contributed by atoms with Crippen LogP contribution in [0, 0.1) is 0 Å². The number of nitrogens with zero attached hydrogens (tertiary/aromatic N) is 2. The van der Waals surface area contributed by atoms with Gasteiger partial charge >= 0.3 is 0 Å². The molecule has 0 spiro atoms. The molecule has 11 rings (SSSR count). The Morgan fingerprint density at radius 1 is 0.242 bits per heavy atom. The van der Waals surface area contributed by atoms with Crippen molar-refractivity contribution in [1.82, 2.24) is 4.57 Å². The molecule has 0 atom stereocenters. The molecule has 1 heterocycles. The molecule has 2 nitrogen and oxygen atoms in total. The van der Waals surface area contributed by atoms with Crippen LogP contribution in [0.1, 0.15) is 0 Å². The smallest absolute Gasteiger partial charge is 0.0561 e. The number of fused-ring (bicyclic) bond motifs is 3. The first kappa shape index (κ1) is 36.8. The van der Waals surface area contributed by atoms with E-state index in [0.717, 1.165) is 45.0 Å². The van der Waals surface area contributed by atoms with E-state index in [0.29, 0.717) is 0 Å².